The third kappa shape index (κ3) is 4.51. The molecule has 0 aliphatic carbocycles. The van der Waals surface area contributed by atoms with Crippen molar-refractivity contribution in [3.8, 4) is 0 Å². The van der Waals surface area contributed by atoms with Gasteiger partial charge in [-0.2, -0.15) is 0 Å². The number of carbonyl (C=O) groups excluding carboxylic acids is 1. The Hall–Kier alpha value is -1.07. The first-order chi connectivity index (χ1) is 8.66. The molecule has 0 saturated carbocycles. The Morgan fingerprint density at radius 3 is 3.05 bits per heavy atom. The summed E-state index contributed by atoms with van der Waals surface area (Å²) in [5.74, 6) is 1.35. The summed E-state index contributed by atoms with van der Waals surface area (Å²) in [6, 6.07) is 0. The minimum absolute atomic E-state index is 0. The predicted octanol–water partition coefficient (Wildman–Crippen LogP) is 1.90. The van der Waals surface area contributed by atoms with E-state index in [4.69, 9.17) is 0 Å². The molecule has 1 aliphatic rings. The van der Waals surface area contributed by atoms with Crippen molar-refractivity contribution in [3.05, 3.63) is 12.4 Å². The number of halogens is 1. The highest BCUT2D eigenvalue weighted by molar-refractivity contribution is 5.91. The zero-order chi connectivity index (χ0) is 13.0. The third-order valence-electron chi connectivity index (χ3n) is 3.18. The van der Waals surface area contributed by atoms with Crippen molar-refractivity contribution >= 4 is 24.3 Å². The topological polar surface area (TPSA) is 59.0 Å². The van der Waals surface area contributed by atoms with Gasteiger partial charge in [0.15, 0.2) is 0 Å². The lowest BCUT2D eigenvalue weighted by molar-refractivity contribution is -0.120. The van der Waals surface area contributed by atoms with Crippen molar-refractivity contribution in [2.24, 2.45) is 11.8 Å². The van der Waals surface area contributed by atoms with Gasteiger partial charge < -0.3 is 9.88 Å². The molecule has 1 saturated heterocycles. The van der Waals surface area contributed by atoms with Gasteiger partial charge in [0.1, 0.15) is 0 Å². The molecule has 2 heterocycles. The Labute approximate surface area is 120 Å². The average Bonchev–Trinajstić information content (AvgIpc) is 2.77. The molecule has 2 rings (SSSR count). The second-order valence-corrected chi connectivity index (χ2v) is 5.33. The molecule has 108 valence electrons. The summed E-state index contributed by atoms with van der Waals surface area (Å²) in [5, 5.41) is 6.19. The quantitative estimate of drug-likeness (QED) is 0.889. The van der Waals surface area contributed by atoms with Crippen molar-refractivity contribution in [2.75, 3.05) is 18.4 Å². The van der Waals surface area contributed by atoms with Crippen molar-refractivity contribution in [2.45, 2.75) is 33.2 Å². The third-order valence-corrected chi connectivity index (χ3v) is 3.18. The van der Waals surface area contributed by atoms with Crippen LogP contribution >= 0.6 is 12.4 Å². The number of anilines is 1. The normalized spacial score (nSPS) is 19.0. The number of hydrogen-bond donors (Lipinski definition) is 2. The fourth-order valence-electron chi connectivity index (χ4n) is 2.26. The van der Waals surface area contributed by atoms with Gasteiger partial charge in [-0.3, -0.25) is 10.1 Å². The molecule has 1 aliphatic heterocycles. The molecular formula is C13H23ClN4O. The van der Waals surface area contributed by atoms with Crippen LogP contribution in [0, 0.1) is 11.8 Å². The Bertz CT molecular complexity index is 399. The molecule has 5 nitrogen and oxygen atoms in total. The first-order valence-electron chi connectivity index (χ1n) is 6.69. The van der Waals surface area contributed by atoms with Gasteiger partial charge in [-0.25, -0.2) is 4.98 Å². The monoisotopic (exact) mass is 286 g/mol. The molecule has 1 fully saturated rings. The van der Waals surface area contributed by atoms with E-state index in [-0.39, 0.29) is 24.2 Å². The van der Waals surface area contributed by atoms with Crippen LogP contribution in [0.1, 0.15) is 26.7 Å². The highest BCUT2D eigenvalue weighted by Crippen LogP contribution is 2.14. The Morgan fingerprint density at radius 1 is 1.63 bits per heavy atom. The smallest absolute Gasteiger partial charge is 0.231 e. The number of piperidine rings is 1. The number of amides is 1. The van der Waals surface area contributed by atoms with Crippen molar-refractivity contribution < 1.29 is 4.79 Å². The van der Waals surface area contributed by atoms with Gasteiger partial charge >= 0.3 is 0 Å². The molecule has 1 atom stereocenters. The molecule has 6 heteroatoms. The first-order valence-corrected chi connectivity index (χ1v) is 6.69. The number of nitrogens with zero attached hydrogens (tertiary/aromatic N) is 2. The molecule has 0 bridgehead atoms. The maximum atomic E-state index is 12.1. The Kier molecular flexibility index (Phi) is 6.31. The molecule has 0 aromatic carbocycles. The standard InChI is InChI=1S/C13H22N4O.ClH/c1-10(2)9-17-7-6-15-13(17)16-12(18)11-4-3-5-14-8-11;/h6-7,10-11,14H,3-5,8-9H2,1-2H3,(H,15,16,18);1H/t11-;/m1./s1. The zero-order valence-corrected chi connectivity index (χ0v) is 12.4. The van der Waals surface area contributed by atoms with Gasteiger partial charge in [-0.05, 0) is 25.3 Å². The molecule has 19 heavy (non-hydrogen) atoms. The number of aromatic nitrogens is 2. The van der Waals surface area contributed by atoms with Crippen LogP contribution in [-0.4, -0.2) is 28.5 Å². The molecule has 1 aromatic rings. The molecule has 1 aromatic heterocycles. The zero-order valence-electron chi connectivity index (χ0n) is 11.6. The Balaban J connectivity index is 0.00000180. The van der Waals surface area contributed by atoms with E-state index in [2.05, 4.69) is 29.5 Å². The molecule has 2 N–H and O–H groups in total. The fraction of sp³-hybridized carbons (Fsp3) is 0.692. The number of nitrogens with one attached hydrogen (secondary N) is 2. The van der Waals surface area contributed by atoms with E-state index >= 15 is 0 Å². The number of hydrogen-bond acceptors (Lipinski definition) is 3. The summed E-state index contributed by atoms with van der Waals surface area (Å²) in [6.45, 7) is 6.97. The number of imidazole rings is 1. The highest BCUT2D eigenvalue weighted by Gasteiger charge is 2.22. The molecule has 0 radical (unpaired) electrons. The number of carbonyl (C=O) groups is 1. The van der Waals surface area contributed by atoms with E-state index in [1.54, 1.807) is 6.20 Å². The lowest BCUT2D eigenvalue weighted by Gasteiger charge is -2.22. The Morgan fingerprint density at radius 2 is 2.42 bits per heavy atom. The van der Waals surface area contributed by atoms with E-state index in [9.17, 15) is 4.79 Å². The highest BCUT2D eigenvalue weighted by atomic mass is 35.5. The minimum atomic E-state index is 0. The van der Waals surface area contributed by atoms with E-state index < -0.39 is 0 Å². The second-order valence-electron chi connectivity index (χ2n) is 5.33. The van der Waals surface area contributed by atoms with Gasteiger partial charge in [0.25, 0.3) is 0 Å². The first kappa shape index (κ1) is 16.0. The summed E-state index contributed by atoms with van der Waals surface area (Å²) in [7, 11) is 0. The lowest BCUT2D eigenvalue weighted by atomic mass is 9.99. The van der Waals surface area contributed by atoms with Gasteiger partial charge in [0.2, 0.25) is 11.9 Å². The summed E-state index contributed by atoms with van der Waals surface area (Å²) >= 11 is 0. The summed E-state index contributed by atoms with van der Waals surface area (Å²) < 4.78 is 2.00. The van der Waals surface area contributed by atoms with Gasteiger partial charge in [-0.15, -0.1) is 12.4 Å². The van der Waals surface area contributed by atoms with Crippen LogP contribution < -0.4 is 10.6 Å². The summed E-state index contributed by atoms with van der Waals surface area (Å²) in [4.78, 5) is 16.3. The molecule has 0 unspecified atom stereocenters. The van der Waals surface area contributed by atoms with Crippen LogP contribution in [-0.2, 0) is 11.3 Å². The van der Waals surface area contributed by atoms with Crippen molar-refractivity contribution in [3.63, 3.8) is 0 Å². The van der Waals surface area contributed by atoms with Crippen molar-refractivity contribution in [1.29, 1.82) is 0 Å². The maximum absolute atomic E-state index is 12.1. The van der Waals surface area contributed by atoms with E-state index in [1.165, 1.54) is 0 Å². The van der Waals surface area contributed by atoms with Crippen LogP contribution in [0.3, 0.4) is 0 Å². The number of rotatable bonds is 4. The fourth-order valence-corrected chi connectivity index (χ4v) is 2.26. The summed E-state index contributed by atoms with van der Waals surface area (Å²) in [6.07, 6.45) is 5.67. The van der Waals surface area contributed by atoms with Gasteiger partial charge in [0.05, 0.1) is 5.92 Å². The molecule has 1 amide bonds. The SMILES string of the molecule is CC(C)Cn1ccnc1NC(=O)[C@@H]1CCCNC1.Cl. The van der Waals surface area contributed by atoms with Gasteiger partial charge in [0, 0.05) is 25.5 Å². The maximum Gasteiger partial charge on any atom is 0.231 e. The van der Waals surface area contributed by atoms with E-state index in [1.807, 2.05) is 10.8 Å². The molecule has 0 spiro atoms. The van der Waals surface area contributed by atoms with Crippen LogP contribution in [0.15, 0.2) is 12.4 Å². The van der Waals surface area contributed by atoms with E-state index in [0.29, 0.717) is 11.9 Å². The largest absolute Gasteiger partial charge is 0.317 e. The summed E-state index contributed by atoms with van der Waals surface area (Å²) in [5.41, 5.74) is 0. The van der Waals surface area contributed by atoms with Gasteiger partial charge in [-0.1, -0.05) is 13.8 Å². The average molecular weight is 287 g/mol. The molecular weight excluding hydrogens is 264 g/mol. The van der Waals surface area contributed by atoms with Crippen LogP contribution in [0.25, 0.3) is 0 Å². The van der Waals surface area contributed by atoms with Crippen LogP contribution in [0.5, 0.6) is 0 Å². The second kappa shape index (κ2) is 7.50. The van der Waals surface area contributed by atoms with Crippen LogP contribution in [0.2, 0.25) is 0 Å². The van der Waals surface area contributed by atoms with Crippen molar-refractivity contribution in [1.82, 2.24) is 14.9 Å². The predicted molar refractivity (Wildman–Crippen MR) is 78.5 cm³/mol. The lowest BCUT2D eigenvalue weighted by Crippen LogP contribution is -2.37. The minimum Gasteiger partial charge on any atom is -0.317 e. The van der Waals surface area contributed by atoms with Crippen LogP contribution in [0.4, 0.5) is 5.95 Å². The van der Waals surface area contributed by atoms with E-state index in [0.717, 1.165) is 32.5 Å².